The number of amides is 1. The standard InChI is InChI=1S/C12H13Cl2NO3S/c1-7-4-9(19(14,17)18)6-10(13)12(7)15-11(16)5-8-2-3-8/h4,6,8H,2-3,5H2,1H3,(H,15,16). The second-order valence-corrected chi connectivity index (χ2v) is 7.70. The maximum atomic E-state index is 11.7. The van der Waals surface area contributed by atoms with Crippen LogP contribution >= 0.6 is 22.3 Å². The molecule has 0 bridgehead atoms. The van der Waals surface area contributed by atoms with E-state index >= 15 is 0 Å². The van der Waals surface area contributed by atoms with Gasteiger partial charge in [-0.15, -0.1) is 0 Å². The van der Waals surface area contributed by atoms with Crippen LogP contribution in [0.4, 0.5) is 5.69 Å². The molecule has 4 nitrogen and oxygen atoms in total. The molecule has 7 heteroatoms. The summed E-state index contributed by atoms with van der Waals surface area (Å²) in [5, 5.41) is 2.89. The summed E-state index contributed by atoms with van der Waals surface area (Å²) in [5.74, 6) is 0.371. The molecule has 19 heavy (non-hydrogen) atoms. The fourth-order valence-electron chi connectivity index (χ4n) is 1.79. The van der Waals surface area contributed by atoms with Crippen molar-refractivity contribution in [2.24, 2.45) is 5.92 Å². The van der Waals surface area contributed by atoms with Crippen molar-refractivity contribution in [3.8, 4) is 0 Å². The number of benzene rings is 1. The van der Waals surface area contributed by atoms with E-state index in [0.29, 0.717) is 23.6 Å². The molecule has 1 saturated carbocycles. The Bertz CT molecular complexity index is 601. The van der Waals surface area contributed by atoms with Crippen LogP contribution in [0.1, 0.15) is 24.8 Å². The van der Waals surface area contributed by atoms with E-state index in [0.717, 1.165) is 12.8 Å². The monoisotopic (exact) mass is 321 g/mol. The molecular weight excluding hydrogens is 309 g/mol. The van der Waals surface area contributed by atoms with Crippen molar-refractivity contribution in [2.75, 3.05) is 5.32 Å². The van der Waals surface area contributed by atoms with Gasteiger partial charge in [-0.3, -0.25) is 4.79 Å². The number of anilines is 1. The predicted octanol–water partition coefficient (Wildman–Crippen LogP) is 3.31. The van der Waals surface area contributed by atoms with E-state index in [1.54, 1.807) is 6.92 Å². The SMILES string of the molecule is Cc1cc(S(=O)(=O)Cl)cc(Cl)c1NC(=O)CC1CC1. The highest BCUT2D eigenvalue weighted by atomic mass is 35.7. The van der Waals surface area contributed by atoms with Crippen molar-refractivity contribution in [3.05, 3.63) is 22.7 Å². The Morgan fingerprint density at radius 1 is 1.42 bits per heavy atom. The minimum Gasteiger partial charge on any atom is -0.325 e. The molecule has 2 rings (SSSR count). The van der Waals surface area contributed by atoms with E-state index in [4.69, 9.17) is 22.3 Å². The number of carbonyl (C=O) groups excluding carboxylic acids is 1. The second kappa shape index (κ2) is 5.31. The van der Waals surface area contributed by atoms with Crippen LogP contribution in [-0.2, 0) is 13.8 Å². The molecular formula is C12H13Cl2NO3S. The van der Waals surface area contributed by atoms with Crippen LogP contribution in [0.3, 0.4) is 0 Å². The number of rotatable bonds is 4. The van der Waals surface area contributed by atoms with Crippen molar-refractivity contribution < 1.29 is 13.2 Å². The number of halogens is 2. The lowest BCUT2D eigenvalue weighted by Crippen LogP contribution is -2.13. The summed E-state index contributed by atoms with van der Waals surface area (Å²) in [6.07, 6.45) is 2.65. The van der Waals surface area contributed by atoms with E-state index in [-0.39, 0.29) is 15.8 Å². The summed E-state index contributed by atoms with van der Waals surface area (Å²) >= 11 is 6.00. The molecule has 0 unspecified atom stereocenters. The van der Waals surface area contributed by atoms with Gasteiger partial charge in [-0.2, -0.15) is 0 Å². The fraction of sp³-hybridized carbons (Fsp3) is 0.417. The van der Waals surface area contributed by atoms with Gasteiger partial charge in [-0.1, -0.05) is 11.6 Å². The Labute approximate surface area is 121 Å². The van der Waals surface area contributed by atoms with Gasteiger partial charge in [0.2, 0.25) is 5.91 Å². The van der Waals surface area contributed by atoms with E-state index in [1.807, 2.05) is 0 Å². The molecule has 0 aliphatic heterocycles. The van der Waals surface area contributed by atoms with Gasteiger partial charge in [-0.25, -0.2) is 8.42 Å². The van der Waals surface area contributed by atoms with E-state index in [9.17, 15) is 13.2 Å². The fourth-order valence-corrected chi connectivity index (χ4v) is 3.01. The van der Waals surface area contributed by atoms with Crippen LogP contribution in [0.25, 0.3) is 0 Å². The normalized spacial score (nSPS) is 15.3. The van der Waals surface area contributed by atoms with E-state index in [2.05, 4.69) is 5.32 Å². The lowest BCUT2D eigenvalue weighted by atomic mass is 10.2. The highest BCUT2D eigenvalue weighted by Crippen LogP contribution is 2.34. The highest BCUT2D eigenvalue weighted by Gasteiger charge is 2.25. The lowest BCUT2D eigenvalue weighted by Gasteiger charge is -2.11. The molecule has 0 aromatic heterocycles. The Morgan fingerprint density at radius 3 is 2.53 bits per heavy atom. The van der Waals surface area contributed by atoms with E-state index < -0.39 is 9.05 Å². The molecule has 1 fully saturated rings. The number of carbonyl (C=O) groups is 1. The third-order valence-corrected chi connectivity index (χ3v) is 4.61. The zero-order chi connectivity index (χ0) is 14.2. The highest BCUT2D eigenvalue weighted by molar-refractivity contribution is 8.13. The molecule has 1 aliphatic carbocycles. The average Bonchev–Trinajstić information content (AvgIpc) is 3.05. The second-order valence-electron chi connectivity index (χ2n) is 4.73. The van der Waals surface area contributed by atoms with Crippen LogP contribution in [0, 0.1) is 12.8 Å². The summed E-state index contributed by atoms with van der Waals surface area (Å²) in [4.78, 5) is 11.7. The third-order valence-electron chi connectivity index (χ3n) is 2.98. The number of nitrogens with one attached hydrogen (secondary N) is 1. The first-order valence-corrected chi connectivity index (χ1v) is 8.51. The van der Waals surface area contributed by atoms with Gasteiger partial charge in [0.1, 0.15) is 0 Å². The van der Waals surface area contributed by atoms with Crippen molar-refractivity contribution >= 4 is 42.9 Å². The topological polar surface area (TPSA) is 63.2 Å². The third kappa shape index (κ3) is 3.84. The minimum absolute atomic E-state index is 0.0724. The first-order valence-electron chi connectivity index (χ1n) is 5.82. The maximum Gasteiger partial charge on any atom is 0.261 e. The van der Waals surface area contributed by atoms with Gasteiger partial charge in [0, 0.05) is 17.1 Å². The molecule has 0 spiro atoms. The van der Waals surface area contributed by atoms with Crippen molar-refractivity contribution in [1.29, 1.82) is 0 Å². The largest absolute Gasteiger partial charge is 0.325 e. The Morgan fingerprint density at radius 2 is 2.05 bits per heavy atom. The first kappa shape index (κ1) is 14.6. The van der Waals surface area contributed by atoms with Crippen molar-refractivity contribution in [2.45, 2.75) is 31.1 Å². The van der Waals surface area contributed by atoms with Crippen molar-refractivity contribution in [3.63, 3.8) is 0 Å². The molecule has 0 atom stereocenters. The van der Waals surface area contributed by atoms with Crippen LogP contribution in [0.2, 0.25) is 5.02 Å². The minimum atomic E-state index is -3.83. The number of hydrogen-bond acceptors (Lipinski definition) is 3. The summed E-state index contributed by atoms with van der Waals surface area (Å²) in [5.41, 5.74) is 1.01. The zero-order valence-corrected chi connectivity index (χ0v) is 12.6. The molecule has 1 amide bonds. The number of hydrogen-bond donors (Lipinski definition) is 1. The van der Waals surface area contributed by atoms with Gasteiger partial charge in [0.05, 0.1) is 15.6 Å². The van der Waals surface area contributed by atoms with Crippen molar-refractivity contribution in [1.82, 2.24) is 0 Å². The molecule has 0 saturated heterocycles. The molecule has 1 aromatic carbocycles. The van der Waals surface area contributed by atoms with Gasteiger partial charge >= 0.3 is 0 Å². The van der Waals surface area contributed by atoms with Gasteiger partial charge in [-0.05, 0) is 43.4 Å². The van der Waals surface area contributed by atoms with Crippen LogP contribution < -0.4 is 5.32 Å². The first-order chi connectivity index (χ1) is 8.77. The Balaban J connectivity index is 2.23. The van der Waals surface area contributed by atoms with Crippen LogP contribution in [0.15, 0.2) is 17.0 Å². The molecule has 0 heterocycles. The summed E-state index contributed by atoms with van der Waals surface area (Å²) in [6, 6.07) is 2.63. The zero-order valence-electron chi connectivity index (χ0n) is 10.2. The molecule has 104 valence electrons. The molecule has 1 aliphatic rings. The summed E-state index contributed by atoms with van der Waals surface area (Å²) in [7, 11) is 1.44. The quantitative estimate of drug-likeness (QED) is 0.865. The van der Waals surface area contributed by atoms with Gasteiger partial charge in [0.15, 0.2) is 0 Å². The number of aryl methyl sites for hydroxylation is 1. The summed E-state index contributed by atoms with van der Waals surface area (Å²) < 4.78 is 22.5. The molecule has 1 N–H and O–H groups in total. The van der Waals surface area contributed by atoms with Gasteiger partial charge < -0.3 is 5.32 Å². The average molecular weight is 322 g/mol. The smallest absolute Gasteiger partial charge is 0.261 e. The van der Waals surface area contributed by atoms with Crippen LogP contribution in [0.5, 0.6) is 0 Å². The predicted molar refractivity (Wildman–Crippen MR) is 75.2 cm³/mol. The molecule has 1 aromatic rings. The van der Waals surface area contributed by atoms with Gasteiger partial charge in [0.25, 0.3) is 9.05 Å². The van der Waals surface area contributed by atoms with E-state index in [1.165, 1.54) is 12.1 Å². The maximum absolute atomic E-state index is 11.7. The Kier molecular flexibility index (Phi) is 4.08. The molecule has 0 radical (unpaired) electrons. The lowest BCUT2D eigenvalue weighted by molar-refractivity contribution is -0.116. The Hall–Kier alpha value is -0.780. The summed E-state index contributed by atoms with van der Waals surface area (Å²) in [6.45, 7) is 1.67. The van der Waals surface area contributed by atoms with Crippen LogP contribution in [-0.4, -0.2) is 14.3 Å².